The van der Waals surface area contributed by atoms with Crippen LogP contribution in [0.25, 0.3) is 0 Å². The van der Waals surface area contributed by atoms with Gasteiger partial charge in [-0.2, -0.15) is 0 Å². The number of halogens is 2. The molecule has 0 heterocycles. The molecule has 3 N–H and O–H groups in total. The van der Waals surface area contributed by atoms with Gasteiger partial charge in [0.15, 0.2) is 0 Å². The summed E-state index contributed by atoms with van der Waals surface area (Å²) in [6.45, 7) is 1.80. The highest BCUT2D eigenvalue weighted by Gasteiger charge is 2.67. The van der Waals surface area contributed by atoms with Crippen molar-refractivity contribution in [3.63, 3.8) is 0 Å². The van der Waals surface area contributed by atoms with E-state index in [0.29, 0.717) is 24.7 Å². The summed E-state index contributed by atoms with van der Waals surface area (Å²) >= 11 is 0. The summed E-state index contributed by atoms with van der Waals surface area (Å²) in [4.78, 5) is 12.7. The zero-order valence-electron chi connectivity index (χ0n) is 20.2. The molecule has 4 aliphatic carbocycles. The molecule has 1 aromatic rings. The Hall–Kier alpha value is -1.47. The highest BCUT2D eigenvalue weighted by Crippen LogP contribution is 2.68. The molecule has 7 heteroatoms. The molecule has 0 saturated heterocycles. The van der Waals surface area contributed by atoms with Gasteiger partial charge < -0.3 is 15.4 Å². The summed E-state index contributed by atoms with van der Waals surface area (Å²) in [6, 6.07) is 5.88. The van der Waals surface area contributed by atoms with Gasteiger partial charge in [0.1, 0.15) is 0 Å². The van der Waals surface area contributed by atoms with E-state index in [-0.39, 0.29) is 42.0 Å². The van der Waals surface area contributed by atoms with Gasteiger partial charge in [-0.05, 0) is 85.2 Å². The van der Waals surface area contributed by atoms with Crippen LogP contribution >= 0.6 is 0 Å². The quantitative estimate of drug-likeness (QED) is 0.559. The van der Waals surface area contributed by atoms with Crippen LogP contribution in [0, 0.1) is 23.2 Å². The number of fused-ring (bicyclic) bond motifs is 5. The number of hydrogen-bond acceptors (Lipinski definition) is 3. The van der Waals surface area contributed by atoms with E-state index in [1.54, 1.807) is 13.0 Å². The molecule has 1 aromatic carbocycles. The van der Waals surface area contributed by atoms with Gasteiger partial charge in [0, 0.05) is 24.3 Å². The molecule has 0 aromatic heterocycles. The van der Waals surface area contributed by atoms with Gasteiger partial charge in [0.25, 0.3) is 5.92 Å². The Bertz CT molecular complexity index is 919. The van der Waals surface area contributed by atoms with Crippen molar-refractivity contribution in [2.24, 2.45) is 23.2 Å². The van der Waals surface area contributed by atoms with Crippen LogP contribution in [0.4, 0.5) is 8.78 Å². The predicted octanol–water partition coefficient (Wildman–Crippen LogP) is 4.31. The molecule has 5 atom stereocenters. The molecule has 0 radical (unpaired) electrons. The Kier molecular flexibility index (Phi) is 6.56. The standard InChI is InChI=1S/C27H38BF2NO3/c1-26-14-13-22-21-11-9-19(28(33)34)15-17(21)7-10-23(22)25(26)18(16-27(26,29)30)8-12-24(32)31-20-5-3-2-4-6-20/h9,11,15,18,20,22-23,25,33-34H,2-8,10,12-14,16H2,1H3,(H,31,32)/t18-,22-,23-,25+,26+/m1/s1. The maximum Gasteiger partial charge on any atom is 0.488 e. The molecule has 186 valence electrons. The number of alkyl halides is 2. The summed E-state index contributed by atoms with van der Waals surface area (Å²) in [5.74, 6) is -2.46. The maximum absolute atomic E-state index is 15.5. The van der Waals surface area contributed by atoms with Crippen LogP contribution in [-0.2, 0) is 11.2 Å². The van der Waals surface area contributed by atoms with Crippen LogP contribution in [0.1, 0.15) is 94.6 Å². The number of nitrogens with one attached hydrogen (secondary N) is 1. The largest absolute Gasteiger partial charge is 0.488 e. The summed E-state index contributed by atoms with van der Waals surface area (Å²) in [6.07, 6.45) is 9.28. The van der Waals surface area contributed by atoms with E-state index >= 15 is 8.78 Å². The van der Waals surface area contributed by atoms with Crippen molar-refractivity contribution in [1.82, 2.24) is 5.32 Å². The van der Waals surface area contributed by atoms with Crippen molar-refractivity contribution < 1.29 is 23.6 Å². The number of benzene rings is 1. The number of carbonyl (C=O) groups excluding carboxylic acids is 1. The van der Waals surface area contributed by atoms with Crippen molar-refractivity contribution in [3.05, 3.63) is 29.3 Å². The molecule has 0 spiro atoms. The lowest BCUT2D eigenvalue weighted by Gasteiger charge is -2.51. The zero-order chi connectivity index (χ0) is 24.1. The minimum absolute atomic E-state index is 0.0280. The molecule has 3 saturated carbocycles. The fraction of sp³-hybridized carbons (Fsp3) is 0.741. The molecule has 34 heavy (non-hydrogen) atoms. The first-order valence-electron chi connectivity index (χ1n) is 13.4. The van der Waals surface area contributed by atoms with Crippen LogP contribution in [-0.4, -0.2) is 35.0 Å². The Morgan fingerprint density at radius 3 is 2.65 bits per heavy atom. The third kappa shape index (κ3) is 4.21. The van der Waals surface area contributed by atoms with Crippen molar-refractivity contribution in [2.45, 2.75) is 102 Å². The number of carbonyl (C=O) groups is 1. The second kappa shape index (κ2) is 9.20. The lowest BCUT2D eigenvalue weighted by atomic mass is 9.53. The summed E-state index contributed by atoms with van der Waals surface area (Å²) < 4.78 is 30.9. The highest BCUT2D eigenvalue weighted by molar-refractivity contribution is 6.58. The molecule has 0 bridgehead atoms. The molecule has 0 aliphatic heterocycles. The average molecular weight is 473 g/mol. The average Bonchev–Trinajstić information content (AvgIpc) is 3.02. The van der Waals surface area contributed by atoms with Gasteiger partial charge in [0.2, 0.25) is 5.91 Å². The molecule has 1 amide bonds. The van der Waals surface area contributed by atoms with Gasteiger partial charge in [-0.25, -0.2) is 8.78 Å². The third-order valence-corrected chi connectivity index (χ3v) is 9.87. The van der Waals surface area contributed by atoms with Crippen molar-refractivity contribution in [2.75, 3.05) is 0 Å². The van der Waals surface area contributed by atoms with Crippen LogP contribution in [0.15, 0.2) is 18.2 Å². The van der Waals surface area contributed by atoms with E-state index in [1.165, 1.54) is 12.0 Å². The molecular weight excluding hydrogens is 435 g/mol. The normalized spacial score (nSPS) is 34.6. The molecule has 4 aliphatic rings. The van der Waals surface area contributed by atoms with E-state index in [2.05, 4.69) is 5.32 Å². The van der Waals surface area contributed by atoms with Crippen molar-refractivity contribution in [3.8, 4) is 0 Å². The number of rotatable bonds is 5. The Morgan fingerprint density at radius 2 is 1.91 bits per heavy atom. The third-order valence-electron chi connectivity index (χ3n) is 9.87. The van der Waals surface area contributed by atoms with Gasteiger partial charge in [-0.1, -0.05) is 44.4 Å². The molecule has 3 fully saturated rings. The van der Waals surface area contributed by atoms with Crippen LogP contribution < -0.4 is 10.8 Å². The van der Waals surface area contributed by atoms with E-state index in [1.807, 2.05) is 12.1 Å². The lowest BCUT2D eigenvalue weighted by molar-refractivity contribution is -0.133. The van der Waals surface area contributed by atoms with Gasteiger partial charge in [0.05, 0.1) is 0 Å². The minimum Gasteiger partial charge on any atom is -0.423 e. The molecule has 4 nitrogen and oxygen atoms in total. The van der Waals surface area contributed by atoms with Crippen molar-refractivity contribution in [1.29, 1.82) is 0 Å². The maximum atomic E-state index is 15.5. The minimum atomic E-state index is -2.70. The second-order valence-corrected chi connectivity index (χ2v) is 11.7. The van der Waals surface area contributed by atoms with E-state index in [4.69, 9.17) is 0 Å². The Morgan fingerprint density at radius 1 is 1.15 bits per heavy atom. The van der Waals surface area contributed by atoms with Crippen LogP contribution in [0.3, 0.4) is 0 Å². The smallest absolute Gasteiger partial charge is 0.423 e. The number of aryl methyl sites for hydroxylation is 1. The first-order chi connectivity index (χ1) is 16.2. The van der Waals surface area contributed by atoms with Crippen LogP contribution in [0.5, 0.6) is 0 Å². The monoisotopic (exact) mass is 473 g/mol. The lowest BCUT2D eigenvalue weighted by Crippen LogP contribution is -2.48. The molecular formula is C27H38BF2NO3. The molecule has 5 rings (SSSR count). The van der Waals surface area contributed by atoms with Crippen LogP contribution in [0.2, 0.25) is 0 Å². The summed E-state index contributed by atoms with van der Waals surface area (Å²) in [7, 11) is -1.49. The SMILES string of the molecule is C[C@]12CC[C@@H]3c4ccc(B(O)O)cc4CC[C@H]3[C@@H]1[C@H](CCC(=O)NC1CCCCC1)CC2(F)F. The van der Waals surface area contributed by atoms with Gasteiger partial charge in [-0.3, -0.25) is 4.79 Å². The van der Waals surface area contributed by atoms with E-state index in [0.717, 1.165) is 50.5 Å². The fourth-order valence-electron chi connectivity index (χ4n) is 8.14. The highest BCUT2D eigenvalue weighted by atomic mass is 19.3. The first kappa shape index (κ1) is 24.2. The van der Waals surface area contributed by atoms with E-state index in [9.17, 15) is 14.8 Å². The fourth-order valence-corrected chi connectivity index (χ4v) is 8.14. The topological polar surface area (TPSA) is 69.6 Å². The van der Waals surface area contributed by atoms with E-state index < -0.39 is 18.5 Å². The van der Waals surface area contributed by atoms with Gasteiger partial charge in [-0.15, -0.1) is 0 Å². The van der Waals surface area contributed by atoms with Gasteiger partial charge >= 0.3 is 7.12 Å². The number of amides is 1. The predicted molar refractivity (Wildman–Crippen MR) is 129 cm³/mol. The second-order valence-electron chi connectivity index (χ2n) is 11.7. The summed E-state index contributed by atoms with van der Waals surface area (Å²) in [5, 5.41) is 22.3. The van der Waals surface area contributed by atoms with Crippen molar-refractivity contribution >= 4 is 18.5 Å². The molecule has 0 unspecified atom stereocenters. The Labute approximate surface area is 202 Å². The number of hydrogen-bond donors (Lipinski definition) is 3. The zero-order valence-corrected chi connectivity index (χ0v) is 20.2. The summed E-state index contributed by atoms with van der Waals surface area (Å²) in [5.41, 5.74) is 1.82. The Balaban J connectivity index is 1.33. The first-order valence-corrected chi connectivity index (χ1v) is 13.4.